The highest BCUT2D eigenvalue weighted by atomic mass is 32.2. The number of nitrogens with two attached hydrogens (primary N) is 1. The summed E-state index contributed by atoms with van der Waals surface area (Å²) in [6, 6.07) is 3.04. The Balaban J connectivity index is 2.12. The van der Waals surface area contributed by atoms with E-state index in [1.165, 1.54) is 6.07 Å². The Kier molecular flexibility index (Phi) is 4.72. The Morgan fingerprint density at radius 1 is 1.44 bits per heavy atom. The maximum atomic E-state index is 13.6. The molecule has 0 saturated carbocycles. The van der Waals surface area contributed by atoms with Crippen LogP contribution in [-0.4, -0.2) is 25.1 Å². The van der Waals surface area contributed by atoms with Crippen molar-refractivity contribution in [2.75, 3.05) is 25.6 Å². The smallest absolute Gasteiger partial charge is 0.167 e. The summed E-state index contributed by atoms with van der Waals surface area (Å²) in [7, 11) is 0. The molecule has 0 atom stereocenters. The summed E-state index contributed by atoms with van der Waals surface area (Å²) in [6.07, 6.45) is 2.01. The standard InChI is InChI=1S/C13H18FNO2S/c1-2-17-12-8-13(11(15)7-10(12)14)18-9-3-5-16-6-4-9/h7-9H,2-6,15H2,1H3. The minimum Gasteiger partial charge on any atom is -0.491 e. The maximum absolute atomic E-state index is 13.6. The molecule has 0 radical (unpaired) electrons. The summed E-state index contributed by atoms with van der Waals surface area (Å²) >= 11 is 1.69. The average molecular weight is 271 g/mol. The van der Waals surface area contributed by atoms with Crippen molar-refractivity contribution in [1.29, 1.82) is 0 Å². The molecular formula is C13H18FNO2S. The molecule has 0 amide bonds. The number of halogens is 1. The molecule has 1 aromatic rings. The fraction of sp³-hybridized carbons (Fsp3) is 0.538. The third kappa shape index (κ3) is 3.29. The number of nitrogen functional groups attached to an aromatic ring is 1. The van der Waals surface area contributed by atoms with E-state index >= 15 is 0 Å². The summed E-state index contributed by atoms with van der Waals surface area (Å²) < 4.78 is 24.1. The monoisotopic (exact) mass is 271 g/mol. The first-order valence-electron chi connectivity index (χ1n) is 6.17. The third-order valence-corrected chi connectivity index (χ3v) is 4.24. The molecule has 1 aliphatic heterocycles. The Bertz CT molecular complexity index is 408. The summed E-state index contributed by atoms with van der Waals surface area (Å²) in [5, 5.41) is 0.487. The van der Waals surface area contributed by atoms with Gasteiger partial charge in [0.1, 0.15) is 0 Å². The van der Waals surface area contributed by atoms with Crippen LogP contribution in [0.25, 0.3) is 0 Å². The number of anilines is 1. The molecule has 0 aromatic heterocycles. The number of hydrogen-bond acceptors (Lipinski definition) is 4. The molecule has 100 valence electrons. The van der Waals surface area contributed by atoms with E-state index in [2.05, 4.69) is 0 Å². The number of hydrogen-bond donors (Lipinski definition) is 1. The highest BCUT2D eigenvalue weighted by molar-refractivity contribution is 8.00. The summed E-state index contributed by atoms with van der Waals surface area (Å²) in [5.74, 6) is -0.119. The zero-order valence-electron chi connectivity index (χ0n) is 10.4. The second kappa shape index (κ2) is 6.29. The van der Waals surface area contributed by atoms with Gasteiger partial charge in [-0.2, -0.15) is 0 Å². The molecule has 1 aromatic carbocycles. The Morgan fingerprint density at radius 2 is 2.17 bits per heavy atom. The first-order valence-corrected chi connectivity index (χ1v) is 7.05. The van der Waals surface area contributed by atoms with Crippen LogP contribution in [0.1, 0.15) is 19.8 Å². The van der Waals surface area contributed by atoms with Gasteiger partial charge in [0, 0.05) is 35.1 Å². The Morgan fingerprint density at radius 3 is 2.83 bits per heavy atom. The quantitative estimate of drug-likeness (QED) is 0.855. The van der Waals surface area contributed by atoms with E-state index in [0.29, 0.717) is 17.5 Å². The lowest BCUT2D eigenvalue weighted by Gasteiger charge is -2.22. The molecule has 5 heteroatoms. The number of benzene rings is 1. The minimum atomic E-state index is -0.398. The number of rotatable bonds is 4. The van der Waals surface area contributed by atoms with Crippen LogP contribution in [-0.2, 0) is 4.74 Å². The number of thioether (sulfide) groups is 1. The molecule has 2 N–H and O–H groups in total. The van der Waals surface area contributed by atoms with E-state index in [4.69, 9.17) is 15.2 Å². The van der Waals surface area contributed by atoms with Gasteiger partial charge in [0.05, 0.1) is 6.61 Å². The van der Waals surface area contributed by atoms with Gasteiger partial charge in [-0.05, 0) is 25.8 Å². The zero-order chi connectivity index (χ0) is 13.0. The first kappa shape index (κ1) is 13.5. The van der Waals surface area contributed by atoms with E-state index in [1.54, 1.807) is 17.8 Å². The molecule has 3 nitrogen and oxygen atoms in total. The second-order valence-corrected chi connectivity index (χ2v) is 5.53. The van der Waals surface area contributed by atoms with Crippen molar-refractivity contribution in [3.63, 3.8) is 0 Å². The van der Waals surface area contributed by atoms with Gasteiger partial charge in [-0.3, -0.25) is 0 Å². The first-order chi connectivity index (χ1) is 8.70. The molecule has 0 aliphatic carbocycles. The Hall–Kier alpha value is -0.940. The van der Waals surface area contributed by atoms with Crippen LogP contribution in [0.5, 0.6) is 5.75 Å². The van der Waals surface area contributed by atoms with E-state index in [9.17, 15) is 4.39 Å². The molecule has 18 heavy (non-hydrogen) atoms. The molecular weight excluding hydrogens is 253 g/mol. The van der Waals surface area contributed by atoms with Crippen molar-refractivity contribution in [3.05, 3.63) is 17.9 Å². The average Bonchev–Trinajstić information content (AvgIpc) is 2.37. The van der Waals surface area contributed by atoms with Crippen molar-refractivity contribution >= 4 is 17.4 Å². The lowest BCUT2D eigenvalue weighted by molar-refractivity contribution is 0.100. The molecule has 0 bridgehead atoms. The van der Waals surface area contributed by atoms with Crippen molar-refractivity contribution in [1.82, 2.24) is 0 Å². The maximum Gasteiger partial charge on any atom is 0.167 e. The molecule has 1 saturated heterocycles. The van der Waals surface area contributed by atoms with Gasteiger partial charge < -0.3 is 15.2 Å². The van der Waals surface area contributed by atoms with Crippen LogP contribution < -0.4 is 10.5 Å². The van der Waals surface area contributed by atoms with Crippen LogP contribution in [0.4, 0.5) is 10.1 Å². The van der Waals surface area contributed by atoms with E-state index in [1.807, 2.05) is 6.92 Å². The van der Waals surface area contributed by atoms with Gasteiger partial charge in [-0.15, -0.1) is 11.8 Å². The van der Waals surface area contributed by atoms with Crippen molar-refractivity contribution in [3.8, 4) is 5.75 Å². The van der Waals surface area contributed by atoms with Crippen LogP contribution in [0.3, 0.4) is 0 Å². The van der Waals surface area contributed by atoms with Crippen molar-refractivity contribution in [2.45, 2.75) is 29.9 Å². The summed E-state index contributed by atoms with van der Waals surface area (Å²) in [5.41, 5.74) is 6.34. The zero-order valence-corrected chi connectivity index (χ0v) is 11.3. The summed E-state index contributed by atoms with van der Waals surface area (Å²) in [4.78, 5) is 0.895. The van der Waals surface area contributed by atoms with E-state index in [-0.39, 0.29) is 5.75 Å². The molecule has 1 heterocycles. The fourth-order valence-corrected chi connectivity index (χ4v) is 3.05. The van der Waals surface area contributed by atoms with Crippen molar-refractivity contribution < 1.29 is 13.9 Å². The highest BCUT2D eigenvalue weighted by Gasteiger charge is 2.18. The van der Waals surface area contributed by atoms with Gasteiger partial charge in [0.2, 0.25) is 0 Å². The predicted octanol–water partition coefficient (Wildman–Crippen LogP) is 3.08. The van der Waals surface area contributed by atoms with Gasteiger partial charge in [-0.25, -0.2) is 4.39 Å². The fourth-order valence-electron chi connectivity index (χ4n) is 1.89. The van der Waals surface area contributed by atoms with Gasteiger partial charge in [-0.1, -0.05) is 0 Å². The molecule has 1 fully saturated rings. The summed E-state index contributed by atoms with van der Waals surface area (Å²) in [6.45, 7) is 3.86. The van der Waals surface area contributed by atoms with E-state index < -0.39 is 5.82 Å². The van der Waals surface area contributed by atoms with Crippen LogP contribution >= 0.6 is 11.8 Å². The molecule has 0 spiro atoms. The lowest BCUT2D eigenvalue weighted by atomic mass is 10.2. The van der Waals surface area contributed by atoms with Crippen LogP contribution in [0.2, 0.25) is 0 Å². The topological polar surface area (TPSA) is 44.5 Å². The van der Waals surface area contributed by atoms with Crippen molar-refractivity contribution in [2.24, 2.45) is 0 Å². The number of ether oxygens (including phenoxy) is 2. The largest absolute Gasteiger partial charge is 0.491 e. The van der Waals surface area contributed by atoms with Crippen LogP contribution in [0, 0.1) is 5.82 Å². The minimum absolute atomic E-state index is 0.279. The third-order valence-electron chi connectivity index (χ3n) is 2.83. The van der Waals surface area contributed by atoms with Gasteiger partial charge in [0.25, 0.3) is 0 Å². The van der Waals surface area contributed by atoms with Crippen LogP contribution in [0.15, 0.2) is 17.0 Å². The predicted molar refractivity (Wildman–Crippen MR) is 71.7 cm³/mol. The van der Waals surface area contributed by atoms with Gasteiger partial charge in [0.15, 0.2) is 11.6 Å². The molecule has 1 aliphatic rings. The second-order valence-electron chi connectivity index (χ2n) is 4.18. The van der Waals surface area contributed by atoms with E-state index in [0.717, 1.165) is 31.0 Å². The van der Waals surface area contributed by atoms with Gasteiger partial charge >= 0.3 is 0 Å². The SMILES string of the molecule is CCOc1cc(SC2CCOCC2)c(N)cc1F. The lowest BCUT2D eigenvalue weighted by Crippen LogP contribution is -2.17. The molecule has 2 rings (SSSR count). The normalized spacial score (nSPS) is 16.8. The Labute approximate surface area is 111 Å². The molecule has 0 unspecified atom stereocenters. The highest BCUT2D eigenvalue weighted by Crippen LogP contribution is 2.36.